The molecular formula is C11H11FN2O2. The average Bonchev–Trinajstić information content (AvgIpc) is 2.66. The Bertz CT molecular complexity index is 496. The van der Waals surface area contributed by atoms with Gasteiger partial charge in [-0.15, -0.1) is 0 Å². The van der Waals surface area contributed by atoms with Crippen LogP contribution in [0.25, 0.3) is 0 Å². The fourth-order valence-corrected chi connectivity index (χ4v) is 1.25. The Hall–Kier alpha value is -1.91. The molecule has 0 fully saturated rings. The molecule has 2 rings (SSSR count). The summed E-state index contributed by atoms with van der Waals surface area (Å²) in [5.74, 6) is 1.30. The first-order chi connectivity index (χ1) is 7.65. The summed E-state index contributed by atoms with van der Waals surface area (Å²) in [6.07, 6.45) is 0. The first-order valence-electron chi connectivity index (χ1n) is 4.83. The highest BCUT2D eigenvalue weighted by Crippen LogP contribution is 2.16. The minimum Gasteiger partial charge on any atom is -0.484 e. The van der Waals surface area contributed by atoms with Crippen molar-refractivity contribution in [3.05, 3.63) is 41.3 Å². The summed E-state index contributed by atoms with van der Waals surface area (Å²) in [5.41, 5.74) is 0.541. The monoisotopic (exact) mass is 222 g/mol. The summed E-state index contributed by atoms with van der Waals surface area (Å²) in [5, 5.41) is 3.63. The van der Waals surface area contributed by atoms with Crippen molar-refractivity contribution in [2.24, 2.45) is 0 Å². The molecule has 4 nitrogen and oxygen atoms in total. The van der Waals surface area contributed by atoms with E-state index in [9.17, 15) is 4.39 Å². The van der Waals surface area contributed by atoms with Crippen LogP contribution in [0.1, 0.15) is 17.3 Å². The van der Waals surface area contributed by atoms with Crippen LogP contribution in [0, 0.1) is 19.7 Å². The number of hydrogen-bond acceptors (Lipinski definition) is 4. The zero-order chi connectivity index (χ0) is 11.5. The third-order valence-electron chi connectivity index (χ3n) is 2.06. The molecule has 0 atom stereocenters. The minimum absolute atomic E-state index is 0.186. The van der Waals surface area contributed by atoms with Crippen molar-refractivity contribution in [3.63, 3.8) is 0 Å². The van der Waals surface area contributed by atoms with Gasteiger partial charge in [0.1, 0.15) is 11.6 Å². The second-order valence-corrected chi connectivity index (χ2v) is 3.43. The molecule has 0 aliphatic rings. The first-order valence-corrected chi connectivity index (χ1v) is 4.83. The van der Waals surface area contributed by atoms with Gasteiger partial charge in [0.2, 0.25) is 0 Å². The van der Waals surface area contributed by atoms with Crippen LogP contribution in [0.5, 0.6) is 5.75 Å². The number of halogens is 1. The van der Waals surface area contributed by atoms with Gasteiger partial charge in [0.15, 0.2) is 12.4 Å². The van der Waals surface area contributed by atoms with Crippen LogP contribution in [0.3, 0.4) is 0 Å². The topological polar surface area (TPSA) is 48.2 Å². The molecule has 0 spiro atoms. The van der Waals surface area contributed by atoms with Gasteiger partial charge in [-0.2, -0.15) is 4.98 Å². The molecule has 0 saturated heterocycles. The van der Waals surface area contributed by atoms with Crippen LogP contribution in [0.2, 0.25) is 0 Å². The molecule has 1 aromatic heterocycles. The highest BCUT2D eigenvalue weighted by atomic mass is 19.1. The lowest BCUT2D eigenvalue weighted by Crippen LogP contribution is -1.96. The summed E-state index contributed by atoms with van der Waals surface area (Å²) < 4.78 is 23.2. The Morgan fingerprint density at radius 1 is 1.38 bits per heavy atom. The Labute approximate surface area is 92.0 Å². The number of aromatic nitrogens is 2. The lowest BCUT2D eigenvalue weighted by molar-refractivity contribution is 0.242. The van der Waals surface area contributed by atoms with Gasteiger partial charge in [0.25, 0.3) is 5.89 Å². The zero-order valence-corrected chi connectivity index (χ0v) is 9.03. The predicted molar refractivity (Wildman–Crippen MR) is 54.5 cm³/mol. The predicted octanol–water partition coefficient (Wildman–Crippen LogP) is 2.40. The van der Waals surface area contributed by atoms with Crippen molar-refractivity contribution in [2.75, 3.05) is 0 Å². The number of nitrogens with zero attached hydrogens (tertiary/aromatic N) is 2. The third-order valence-corrected chi connectivity index (χ3v) is 2.06. The van der Waals surface area contributed by atoms with Gasteiger partial charge in [-0.05, 0) is 37.6 Å². The number of benzene rings is 1. The molecule has 0 bridgehead atoms. The second-order valence-electron chi connectivity index (χ2n) is 3.43. The Morgan fingerprint density at radius 2 is 2.19 bits per heavy atom. The van der Waals surface area contributed by atoms with Crippen LogP contribution in [0.15, 0.2) is 22.7 Å². The van der Waals surface area contributed by atoms with Gasteiger partial charge in [-0.3, -0.25) is 0 Å². The minimum atomic E-state index is -0.249. The lowest BCUT2D eigenvalue weighted by atomic mass is 10.2. The van der Waals surface area contributed by atoms with Gasteiger partial charge >= 0.3 is 0 Å². The molecule has 0 aliphatic carbocycles. The summed E-state index contributed by atoms with van der Waals surface area (Å²) in [4.78, 5) is 3.99. The van der Waals surface area contributed by atoms with Crippen molar-refractivity contribution < 1.29 is 13.7 Å². The van der Waals surface area contributed by atoms with E-state index in [4.69, 9.17) is 9.26 Å². The van der Waals surface area contributed by atoms with E-state index in [0.717, 1.165) is 0 Å². The Morgan fingerprint density at radius 3 is 2.81 bits per heavy atom. The zero-order valence-electron chi connectivity index (χ0n) is 9.03. The third kappa shape index (κ3) is 2.36. The van der Waals surface area contributed by atoms with E-state index < -0.39 is 0 Å². The van der Waals surface area contributed by atoms with Crippen molar-refractivity contribution in [1.82, 2.24) is 10.1 Å². The maximum absolute atomic E-state index is 13.0. The number of rotatable bonds is 3. The quantitative estimate of drug-likeness (QED) is 0.800. The largest absolute Gasteiger partial charge is 0.484 e. The molecule has 0 N–H and O–H groups in total. The maximum Gasteiger partial charge on any atom is 0.264 e. The van der Waals surface area contributed by atoms with E-state index in [1.807, 2.05) is 0 Å². The normalized spacial score (nSPS) is 10.4. The highest BCUT2D eigenvalue weighted by Gasteiger charge is 2.04. The summed E-state index contributed by atoms with van der Waals surface area (Å²) in [6, 6.07) is 4.55. The van der Waals surface area contributed by atoms with Crippen LogP contribution in [-0.4, -0.2) is 10.1 Å². The molecule has 0 amide bonds. The number of hydrogen-bond donors (Lipinski definition) is 0. The van der Waals surface area contributed by atoms with Gasteiger partial charge in [-0.25, -0.2) is 4.39 Å². The van der Waals surface area contributed by atoms with Crippen molar-refractivity contribution in [2.45, 2.75) is 20.5 Å². The second kappa shape index (κ2) is 4.30. The fraction of sp³-hybridized carbons (Fsp3) is 0.273. The summed E-state index contributed by atoms with van der Waals surface area (Å²) in [6.45, 7) is 3.60. The van der Waals surface area contributed by atoms with Gasteiger partial charge in [0.05, 0.1) is 0 Å². The van der Waals surface area contributed by atoms with Crippen LogP contribution in [0.4, 0.5) is 4.39 Å². The smallest absolute Gasteiger partial charge is 0.264 e. The molecule has 1 aromatic carbocycles. The van der Waals surface area contributed by atoms with Crippen molar-refractivity contribution in [1.29, 1.82) is 0 Å². The Kier molecular flexibility index (Phi) is 2.85. The average molecular weight is 222 g/mol. The first kappa shape index (κ1) is 10.6. The summed E-state index contributed by atoms with van der Waals surface area (Å²) in [7, 11) is 0. The van der Waals surface area contributed by atoms with E-state index in [1.165, 1.54) is 6.07 Å². The van der Waals surface area contributed by atoms with Gasteiger partial charge in [0, 0.05) is 0 Å². The van der Waals surface area contributed by atoms with Crippen LogP contribution < -0.4 is 4.74 Å². The van der Waals surface area contributed by atoms with Crippen molar-refractivity contribution >= 4 is 0 Å². The van der Waals surface area contributed by atoms with Gasteiger partial charge < -0.3 is 9.26 Å². The van der Waals surface area contributed by atoms with E-state index >= 15 is 0 Å². The van der Waals surface area contributed by atoms with Gasteiger partial charge in [-0.1, -0.05) is 5.16 Å². The molecule has 0 aliphatic heterocycles. The summed E-state index contributed by atoms with van der Waals surface area (Å²) >= 11 is 0. The molecular weight excluding hydrogens is 211 g/mol. The maximum atomic E-state index is 13.0. The Balaban J connectivity index is 2.02. The fourth-order valence-electron chi connectivity index (χ4n) is 1.25. The number of aryl methyl sites for hydroxylation is 2. The lowest BCUT2D eigenvalue weighted by Gasteiger charge is -2.04. The molecule has 1 heterocycles. The molecule has 2 aromatic rings. The highest BCUT2D eigenvalue weighted by molar-refractivity contribution is 5.28. The number of ether oxygens (including phenoxy) is 1. The van der Waals surface area contributed by atoms with E-state index in [1.54, 1.807) is 26.0 Å². The molecule has 0 saturated carbocycles. The van der Waals surface area contributed by atoms with E-state index in [0.29, 0.717) is 23.0 Å². The molecule has 16 heavy (non-hydrogen) atoms. The van der Waals surface area contributed by atoms with Crippen LogP contribution in [-0.2, 0) is 6.61 Å². The van der Waals surface area contributed by atoms with E-state index in [2.05, 4.69) is 10.1 Å². The van der Waals surface area contributed by atoms with Crippen LogP contribution >= 0.6 is 0 Å². The SMILES string of the molecule is Cc1noc(COc2ccc(F)c(C)c2)n1. The van der Waals surface area contributed by atoms with E-state index in [-0.39, 0.29) is 12.4 Å². The molecule has 84 valence electrons. The van der Waals surface area contributed by atoms with Crippen molar-refractivity contribution in [3.8, 4) is 5.75 Å². The standard InChI is InChI=1S/C11H11FN2O2/c1-7-5-9(3-4-10(7)12)15-6-11-13-8(2)14-16-11/h3-5H,6H2,1-2H3. The molecule has 5 heteroatoms. The molecule has 0 radical (unpaired) electrons. The molecule has 0 unspecified atom stereocenters.